The van der Waals surface area contributed by atoms with Crippen molar-refractivity contribution in [3.05, 3.63) is 33.6 Å². The number of hydrogen-bond donors (Lipinski definition) is 2. The summed E-state index contributed by atoms with van der Waals surface area (Å²) >= 11 is 8.46. The lowest BCUT2D eigenvalue weighted by atomic mass is 10.0. The van der Waals surface area contributed by atoms with Crippen molar-refractivity contribution in [2.45, 2.75) is 13.1 Å². The summed E-state index contributed by atoms with van der Waals surface area (Å²) in [6.07, 6.45) is 0. The Kier molecular flexibility index (Phi) is 3.90. The quantitative estimate of drug-likeness (QED) is 0.669. The second-order valence-electron chi connectivity index (χ2n) is 5.66. The zero-order chi connectivity index (χ0) is 17.7. The Bertz CT molecular complexity index is 1010. The Balaban J connectivity index is 2.01. The molecule has 0 radical (unpaired) electrons. The van der Waals surface area contributed by atoms with Crippen LogP contribution in [-0.2, 0) is 17.9 Å². The van der Waals surface area contributed by atoms with Gasteiger partial charge in [0.2, 0.25) is 5.91 Å². The van der Waals surface area contributed by atoms with Gasteiger partial charge in [-0.25, -0.2) is 4.98 Å². The Morgan fingerprint density at radius 1 is 1.36 bits per heavy atom. The summed E-state index contributed by atoms with van der Waals surface area (Å²) in [7, 11) is 0. The number of thiophene rings is 2. The molecule has 25 heavy (non-hydrogen) atoms. The van der Waals surface area contributed by atoms with Crippen molar-refractivity contribution in [3.8, 4) is 10.4 Å². The zero-order valence-electron chi connectivity index (χ0n) is 12.9. The number of carbonyl (C=O) groups is 2. The van der Waals surface area contributed by atoms with Crippen LogP contribution in [0.25, 0.3) is 20.7 Å². The van der Waals surface area contributed by atoms with Gasteiger partial charge in [-0.05, 0) is 11.4 Å². The summed E-state index contributed by atoms with van der Waals surface area (Å²) in [6, 6.07) is 3.94. The van der Waals surface area contributed by atoms with Crippen LogP contribution in [0.5, 0.6) is 0 Å². The lowest BCUT2D eigenvalue weighted by Gasteiger charge is -2.13. The Morgan fingerprint density at radius 2 is 2.16 bits per heavy atom. The van der Waals surface area contributed by atoms with E-state index in [0.29, 0.717) is 28.5 Å². The summed E-state index contributed by atoms with van der Waals surface area (Å²) in [6.45, 7) is 0.831. The summed E-state index contributed by atoms with van der Waals surface area (Å²) in [4.78, 5) is 32.0. The number of halogens is 1. The first-order valence-electron chi connectivity index (χ1n) is 7.42. The molecule has 2 amide bonds. The molecule has 128 valence electrons. The highest BCUT2D eigenvalue weighted by Gasteiger charge is 2.31. The van der Waals surface area contributed by atoms with Gasteiger partial charge in [-0.2, -0.15) is 0 Å². The highest BCUT2D eigenvalue weighted by Crippen LogP contribution is 2.45. The van der Waals surface area contributed by atoms with Gasteiger partial charge in [-0.1, -0.05) is 6.07 Å². The monoisotopic (exact) mass is 392 g/mol. The van der Waals surface area contributed by atoms with E-state index in [-0.39, 0.29) is 11.8 Å². The number of primary amides is 1. The maximum absolute atomic E-state index is 12.0. The average Bonchev–Trinajstić information content (AvgIpc) is 3.31. The lowest BCUT2D eigenvalue weighted by molar-refractivity contribution is -0.129. The van der Waals surface area contributed by atoms with Gasteiger partial charge in [-0.15, -0.1) is 34.3 Å². The topological polar surface area (TPSA) is 102 Å². The first-order chi connectivity index (χ1) is 12.0. The van der Waals surface area contributed by atoms with Crippen molar-refractivity contribution in [2.24, 2.45) is 5.73 Å². The molecule has 9 heteroatoms. The molecule has 0 aromatic carbocycles. The lowest BCUT2D eigenvalue weighted by Crippen LogP contribution is -2.26. The number of alkyl halides is 1. The van der Waals surface area contributed by atoms with Crippen LogP contribution in [0.3, 0.4) is 0 Å². The van der Waals surface area contributed by atoms with Gasteiger partial charge in [0.25, 0.3) is 5.91 Å². The number of rotatable bonds is 3. The molecule has 0 fully saturated rings. The zero-order valence-corrected chi connectivity index (χ0v) is 15.3. The largest absolute Gasteiger partial charge is 0.397 e. The van der Waals surface area contributed by atoms with Crippen LogP contribution in [0, 0.1) is 0 Å². The van der Waals surface area contributed by atoms with E-state index in [9.17, 15) is 9.59 Å². The number of nitrogens with zero attached hydrogens (tertiary/aromatic N) is 2. The van der Waals surface area contributed by atoms with Gasteiger partial charge >= 0.3 is 0 Å². The molecule has 0 spiro atoms. The van der Waals surface area contributed by atoms with E-state index in [1.54, 1.807) is 16.2 Å². The van der Waals surface area contributed by atoms with E-state index in [1.165, 1.54) is 11.3 Å². The smallest absolute Gasteiger partial charge is 0.260 e. The summed E-state index contributed by atoms with van der Waals surface area (Å²) in [5.74, 6) is -0.757. The SMILES string of the molecule is NC(=O)c1sc2nc3c(c(-c4cccs4)c2c1N)CN(C(=O)CCl)C3. The van der Waals surface area contributed by atoms with Crippen molar-refractivity contribution >= 4 is 62.0 Å². The fraction of sp³-hybridized carbons (Fsp3) is 0.188. The minimum Gasteiger partial charge on any atom is -0.397 e. The number of amides is 2. The fourth-order valence-electron chi connectivity index (χ4n) is 3.10. The van der Waals surface area contributed by atoms with Gasteiger partial charge in [0, 0.05) is 27.9 Å². The van der Waals surface area contributed by atoms with E-state index < -0.39 is 5.91 Å². The van der Waals surface area contributed by atoms with Crippen LogP contribution in [-0.4, -0.2) is 27.6 Å². The summed E-state index contributed by atoms with van der Waals surface area (Å²) < 4.78 is 0. The number of carbonyl (C=O) groups excluding carboxylic acids is 2. The molecule has 0 atom stereocenters. The minimum absolute atomic E-state index is 0.0648. The third-order valence-corrected chi connectivity index (χ3v) is 6.44. The number of nitrogen functional groups attached to an aromatic ring is 1. The molecule has 3 aromatic heterocycles. The van der Waals surface area contributed by atoms with Gasteiger partial charge in [-0.3, -0.25) is 9.59 Å². The highest BCUT2D eigenvalue weighted by atomic mass is 35.5. The fourth-order valence-corrected chi connectivity index (χ4v) is 5.05. The molecule has 0 bridgehead atoms. The van der Waals surface area contributed by atoms with E-state index in [1.807, 2.05) is 17.5 Å². The molecule has 1 aliphatic heterocycles. The van der Waals surface area contributed by atoms with Crippen molar-refractivity contribution < 1.29 is 9.59 Å². The first-order valence-corrected chi connectivity index (χ1v) is 9.65. The van der Waals surface area contributed by atoms with Crippen molar-refractivity contribution in [2.75, 3.05) is 11.6 Å². The van der Waals surface area contributed by atoms with Crippen LogP contribution in [0.15, 0.2) is 17.5 Å². The molecule has 4 rings (SSSR count). The van der Waals surface area contributed by atoms with Crippen LogP contribution in [0.4, 0.5) is 5.69 Å². The molecule has 6 nitrogen and oxygen atoms in total. The van der Waals surface area contributed by atoms with E-state index in [4.69, 9.17) is 23.1 Å². The molecule has 3 aromatic rings. The highest BCUT2D eigenvalue weighted by molar-refractivity contribution is 7.21. The molecule has 0 saturated carbocycles. The van der Waals surface area contributed by atoms with Crippen molar-refractivity contribution in [1.82, 2.24) is 9.88 Å². The van der Waals surface area contributed by atoms with Crippen LogP contribution >= 0.6 is 34.3 Å². The second-order valence-corrected chi connectivity index (χ2v) is 7.88. The Labute approximate surface area is 156 Å². The van der Waals surface area contributed by atoms with Crippen LogP contribution < -0.4 is 11.5 Å². The molecule has 0 unspecified atom stereocenters. The van der Waals surface area contributed by atoms with Gasteiger partial charge in [0.1, 0.15) is 15.6 Å². The molecular weight excluding hydrogens is 380 g/mol. The summed E-state index contributed by atoms with van der Waals surface area (Å²) in [5.41, 5.74) is 14.7. The number of nitrogens with two attached hydrogens (primary N) is 2. The van der Waals surface area contributed by atoms with E-state index >= 15 is 0 Å². The van der Waals surface area contributed by atoms with E-state index in [2.05, 4.69) is 4.98 Å². The van der Waals surface area contributed by atoms with Crippen LogP contribution in [0.1, 0.15) is 20.9 Å². The van der Waals surface area contributed by atoms with Crippen molar-refractivity contribution in [1.29, 1.82) is 0 Å². The summed E-state index contributed by atoms with van der Waals surface area (Å²) in [5, 5.41) is 2.71. The predicted molar refractivity (Wildman–Crippen MR) is 101 cm³/mol. The maximum atomic E-state index is 12.0. The predicted octanol–water partition coefficient (Wildman–Crippen LogP) is 2.79. The molecular formula is C16H13ClN4O2S2. The number of pyridine rings is 1. The Morgan fingerprint density at radius 3 is 2.80 bits per heavy atom. The molecule has 0 aliphatic carbocycles. The minimum atomic E-state index is -0.559. The van der Waals surface area contributed by atoms with Crippen LogP contribution in [0.2, 0.25) is 0 Å². The third-order valence-electron chi connectivity index (χ3n) is 4.21. The van der Waals surface area contributed by atoms with E-state index in [0.717, 1.165) is 27.1 Å². The average molecular weight is 393 g/mol. The number of anilines is 1. The number of aromatic nitrogens is 1. The first kappa shape index (κ1) is 16.3. The second kappa shape index (κ2) is 5.98. The van der Waals surface area contributed by atoms with Gasteiger partial charge < -0.3 is 16.4 Å². The number of fused-ring (bicyclic) bond motifs is 2. The molecule has 4 N–H and O–H groups in total. The van der Waals surface area contributed by atoms with Gasteiger partial charge in [0.05, 0.1) is 17.9 Å². The maximum Gasteiger partial charge on any atom is 0.260 e. The van der Waals surface area contributed by atoms with Crippen molar-refractivity contribution in [3.63, 3.8) is 0 Å². The number of hydrogen-bond acceptors (Lipinski definition) is 6. The third kappa shape index (κ3) is 2.48. The Hall–Kier alpha value is -2.16. The standard InChI is InChI=1S/C16H13ClN4O2S2/c17-4-10(22)21-5-7-8(6-21)20-16-12(11(7)9-2-1-3-24-9)13(18)14(25-16)15(19)23/h1-3H,4-6,18H2,(H2,19,23). The molecule has 0 saturated heterocycles. The van der Waals surface area contributed by atoms with Gasteiger partial charge in [0.15, 0.2) is 0 Å². The normalized spacial score (nSPS) is 13.4. The molecule has 4 heterocycles. The molecule has 1 aliphatic rings.